The molecule has 3 aromatic rings. The summed E-state index contributed by atoms with van der Waals surface area (Å²) in [5.41, 5.74) is 3.65. The fraction of sp³-hybridized carbons (Fsp3) is 0.286. The third-order valence-corrected chi connectivity index (χ3v) is 6.52. The molecule has 4 nitrogen and oxygen atoms in total. The van der Waals surface area contributed by atoms with E-state index in [1.807, 2.05) is 56.3 Å². The lowest BCUT2D eigenvalue weighted by Gasteiger charge is -2.31. The van der Waals surface area contributed by atoms with Crippen molar-refractivity contribution in [3.63, 3.8) is 0 Å². The van der Waals surface area contributed by atoms with Gasteiger partial charge in [-0.1, -0.05) is 78.4 Å². The van der Waals surface area contributed by atoms with Crippen LogP contribution < -0.4 is 5.32 Å². The van der Waals surface area contributed by atoms with Gasteiger partial charge in [-0.3, -0.25) is 9.59 Å². The van der Waals surface area contributed by atoms with Gasteiger partial charge in [-0.15, -0.1) is 11.8 Å². The van der Waals surface area contributed by atoms with Gasteiger partial charge in [-0.05, 0) is 31.0 Å². The normalized spacial score (nSPS) is 11.6. The SMILES string of the molecule is CCNC(=O)C(Cc1ccccc1)N(Cc1ccccc1F)C(=O)CSCc1ccc(C)cc1. The number of hydrogen-bond donors (Lipinski definition) is 1. The monoisotopic (exact) mass is 478 g/mol. The highest BCUT2D eigenvalue weighted by molar-refractivity contribution is 7.99. The molecule has 0 saturated heterocycles. The van der Waals surface area contributed by atoms with Gasteiger partial charge in [0.15, 0.2) is 0 Å². The van der Waals surface area contributed by atoms with Gasteiger partial charge < -0.3 is 10.2 Å². The maximum atomic E-state index is 14.5. The highest BCUT2D eigenvalue weighted by Gasteiger charge is 2.30. The number of halogens is 1. The molecule has 0 aromatic heterocycles. The second-order valence-corrected chi connectivity index (χ2v) is 9.18. The summed E-state index contributed by atoms with van der Waals surface area (Å²) in [6.45, 7) is 4.37. The minimum absolute atomic E-state index is 0.0330. The standard InChI is InChI=1S/C28H31FN2O2S/c1-3-30-28(33)26(17-22-9-5-4-6-10-22)31(18-24-11-7-8-12-25(24)29)27(32)20-34-19-23-15-13-21(2)14-16-23/h4-16,26H,3,17-20H2,1-2H3,(H,30,33). The number of thioether (sulfide) groups is 1. The maximum absolute atomic E-state index is 14.5. The second kappa shape index (κ2) is 12.9. The van der Waals surface area contributed by atoms with Crippen LogP contribution in [0.1, 0.15) is 29.2 Å². The number of likely N-dealkylation sites (N-methyl/N-ethyl adjacent to an activating group) is 1. The van der Waals surface area contributed by atoms with Gasteiger partial charge in [0.25, 0.3) is 0 Å². The van der Waals surface area contributed by atoms with Crippen LogP contribution in [0.3, 0.4) is 0 Å². The predicted molar refractivity (Wildman–Crippen MR) is 137 cm³/mol. The molecule has 178 valence electrons. The number of carbonyl (C=O) groups is 2. The van der Waals surface area contributed by atoms with Crippen LogP contribution in [0.2, 0.25) is 0 Å². The van der Waals surface area contributed by atoms with Crippen molar-refractivity contribution in [3.8, 4) is 0 Å². The molecule has 2 amide bonds. The van der Waals surface area contributed by atoms with E-state index in [0.29, 0.717) is 24.3 Å². The molecule has 0 heterocycles. The highest BCUT2D eigenvalue weighted by Crippen LogP contribution is 2.20. The minimum atomic E-state index is -0.741. The quantitative estimate of drug-likeness (QED) is 0.415. The molecule has 0 aliphatic heterocycles. The van der Waals surface area contributed by atoms with Crippen molar-refractivity contribution in [3.05, 3.63) is 107 Å². The number of amides is 2. The molecule has 0 bridgehead atoms. The lowest BCUT2D eigenvalue weighted by atomic mass is 10.0. The van der Waals surface area contributed by atoms with E-state index in [1.54, 1.807) is 18.2 Å². The third-order valence-electron chi connectivity index (χ3n) is 5.54. The van der Waals surface area contributed by atoms with E-state index in [9.17, 15) is 14.0 Å². The maximum Gasteiger partial charge on any atom is 0.243 e. The van der Waals surface area contributed by atoms with Gasteiger partial charge in [0.05, 0.1) is 5.75 Å². The highest BCUT2D eigenvalue weighted by atomic mass is 32.2. The smallest absolute Gasteiger partial charge is 0.243 e. The summed E-state index contributed by atoms with van der Waals surface area (Å²) in [6, 6.07) is 23.5. The van der Waals surface area contributed by atoms with Gasteiger partial charge in [0, 0.05) is 30.8 Å². The van der Waals surface area contributed by atoms with E-state index in [1.165, 1.54) is 28.3 Å². The lowest BCUT2D eigenvalue weighted by molar-refractivity contribution is -0.139. The summed E-state index contributed by atoms with van der Waals surface area (Å²) < 4.78 is 14.5. The number of benzene rings is 3. The van der Waals surface area contributed by atoms with Crippen molar-refractivity contribution in [2.75, 3.05) is 12.3 Å². The summed E-state index contributed by atoms with van der Waals surface area (Å²) >= 11 is 1.50. The third kappa shape index (κ3) is 7.45. The molecular weight excluding hydrogens is 447 g/mol. The van der Waals surface area contributed by atoms with Gasteiger partial charge in [-0.2, -0.15) is 0 Å². The fourth-order valence-electron chi connectivity index (χ4n) is 3.68. The number of carbonyl (C=O) groups excluding carboxylic acids is 2. The number of aryl methyl sites for hydroxylation is 1. The van der Waals surface area contributed by atoms with E-state index < -0.39 is 6.04 Å². The molecular formula is C28H31FN2O2S. The van der Waals surface area contributed by atoms with Gasteiger partial charge in [0.2, 0.25) is 11.8 Å². The zero-order chi connectivity index (χ0) is 24.3. The summed E-state index contributed by atoms with van der Waals surface area (Å²) in [7, 11) is 0. The summed E-state index contributed by atoms with van der Waals surface area (Å²) in [5.74, 6) is 0.0750. The molecule has 0 radical (unpaired) electrons. The Morgan fingerprint density at radius 3 is 2.29 bits per heavy atom. The van der Waals surface area contributed by atoms with Gasteiger partial charge >= 0.3 is 0 Å². The Bertz CT molecular complexity index is 1070. The Kier molecular flexibility index (Phi) is 9.71. The first-order valence-corrected chi connectivity index (χ1v) is 12.6. The molecule has 1 unspecified atom stereocenters. The topological polar surface area (TPSA) is 49.4 Å². The molecule has 3 aromatic carbocycles. The Balaban J connectivity index is 1.82. The van der Waals surface area contributed by atoms with E-state index in [-0.39, 0.29) is 29.9 Å². The van der Waals surface area contributed by atoms with Crippen LogP contribution in [0.5, 0.6) is 0 Å². The zero-order valence-electron chi connectivity index (χ0n) is 19.7. The molecule has 6 heteroatoms. The molecule has 0 saturated carbocycles. The second-order valence-electron chi connectivity index (χ2n) is 8.19. The van der Waals surface area contributed by atoms with E-state index in [4.69, 9.17) is 0 Å². The summed E-state index contributed by atoms with van der Waals surface area (Å²) in [4.78, 5) is 28.1. The Labute approximate surface area is 205 Å². The van der Waals surface area contributed by atoms with Crippen molar-refractivity contribution in [2.24, 2.45) is 0 Å². The van der Waals surface area contributed by atoms with Crippen LogP contribution in [-0.4, -0.2) is 35.1 Å². The van der Waals surface area contributed by atoms with E-state index >= 15 is 0 Å². The molecule has 34 heavy (non-hydrogen) atoms. The van der Waals surface area contributed by atoms with Crippen LogP contribution >= 0.6 is 11.8 Å². The first kappa shape index (κ1) is 25.5. The molecule has 1 atom stereocenters. The van der Waals surface area contributed by atoms with Crippen LogP contribution in [-0.2, 0) is 28.3 Å². The van der Waals surface area contributed by atoms with Crippen molar-refractivity contribution in [2.45, 2.75) is 38.6 Å². The van der Waals surface area contributed by atoms with E-state index in [0.717, 1.165) is 11.1 Å². The first-order chi connectivity index (χ1) is 16.5. The van der Waals surface area contributed by atoms with Gasteiger partial charge in [0.1, 0.15) is 11.9 Å². The molecule has 0 fully saturated rings. The Hall–Kier alpha value is -3.12. The Morgan fingerprint density at radius 2 is 1.62 bits per heavy atom. The average molecular weight is 479 g/mol. The van der Waals surface area contributed by atoms with Crippen molar-refractivity contribution in [1.82, 2.24) is 10.2 Å². The van der Waals surface area contributed by atoms with Crippen molar-refractivity contribution >= 4 is 23.6 Å². The average Bonchev–Trinajstić information content (AvgIpc) is 2.84. The molecule has 3 rings (SSSR count). The number of nitrogens with zero attached hydrogens (tertiary/aromatic N) is 1. The fourth-order valence-corrected chi connectivity index (χ4v) is 4.55. The Morgan fingerprint density at radius 1 is 0.941 bits per heavy atom. The summed E-state index contributed by atoms with van der Waals surface area (Å²) in [5, 5.41) is 2.86. The zero-order valence-corrected chi connectivity index (χ0v) is 20.5. The largest absolute Gasteiger partial charge is 0.355 e. The predicted octanol–water partition coefficient (Wildman–Crippen LogP) is 5.14. The first-order valence-electron chi connectivity index (χ1n) is 11.5. The van der Waals surface area contributed by atoms with Crippen LogP contribution in [0, 0.1) is 12.7 Å². The summed E-state index contributed by atoms with van der Waals surface area (Å²) in [6.07, 6.45) is 0.357. The van der Waals surface area contributed by atoms with Crippen LogP contribution in [0.25, 0.3) is 0 Å². The van der Waals surface area contributed by atoms with E-state index in [2.05, 4.69) is 17.4 Å². The van der Waals surface area contributed by atoms with Gasteiger partial charge in [-0.25, -0.2) is 4.39 Å². The number of hydrogen-bond acceptors (Lipinski definition) is 3. The molecule has 0 aliphatic carbocycles. The molecule has 0 spiro atoms. The lowest BCUT2D eigenvalue weighted by Crippen LogP contribution is -2.51. The van der Waals surface area contributed by atoms with Crippen LogP contribution in [0.4, 0.5) is 4.39 Å². The minimum Gasteiger partial charge on any atom is -0.355 e. The molecule has 1 N–H and O–H groups in total. The van der Waals surface area contributed by atoms with Crippen molar-refractivity contribution < 1.29 is 14.0 Å². The molecule has 0 aliphatic rings. The number of nitrogens with one attached hydrogen (secondary N) is 1. The van der Waals surface area contributed by atoms with Crippen molar-refractivity contribution in [1.29, 1.82) is 0 Å². The van der Waals surface area contributed by atoms with Crippen LogP contribution in [0.15, 0.2) is 78.9 Å². The number of rotatable bonds is 11.